The Bertz CT molecular complexity index is 275. The highest BCUT2D eigenvalue weighted by molar-refractivity contribution is 5.84. The molecule has 2 amide bonds. The molecule has 1 aliphatic rings. The second-order valence-electron chi connectivity index (χ2n) is 4.88. The molecule has 0 aromatic heterocycles. The number of likely N-dealkylation sites (tertiary alicyclic amines) is 1. The summed E-state index contributed by atoms with van der Waals surface area (Å²) in [4.78, 5) is 25.2. The van der Waals surface area contributed by atoms with Gasteiger partial charge in [-0.05, 0) is 32.7 Å². The van der Waals surface area contributed by atoms with Crippen LogP contribution in [-0.2, 0) is 9.59 Å². The predicted molar refractivity (Wildman–Crippen MR) is 71.2 cm³/mol. The number of nitrogens with one attached hydrogen (secondary N) is 2. The standard InChI is InChI=1S/C13H25N3O2/c1-3-14-11(2)9-12(17)15-10-13(18)16-7-5-4-6-8-16/h11,14H,3-10H2,1-2H3,(H,15,17). The fourth-order valence-electron chi connectivity index (χ4n) is 2.20. The second-order valence-corrected chi connectivity index (χ2v) is 4.88. The summed E-state index contributed by atoms with van der Waals surface area (Å²) < 4.78 is 0. The number of nitrogens with zero attached hydrogens (tertiary/aromatic N) is 1. The van der Waals surface area contributed by atoms with Crippen LogP contribution in [-0.4, -0.2) is 48.9 Å². The number of hydrogen-bond acceptors (Lipinski definition) is 3. The third-order valence-electron chi connectivity index (χ3n) is 3.19. The molecule has 5 heteroatoms. The molecule has 0 aliphatic carbocycles. The highest BCUT2D eigenvalue weighted by Gasteiger charge is 2.17. The minimum Gasteiger partial charge on any atom is -0.347 e. The molecule has 2 N–H and O–H groups in total. The van der Waals surface area contributed by atoms with E-state index in [4.69, 9.17) is 0 Å². The predicted octanol–water partition coefficient (Wildman–Crippen LogP) is 0.503. The molecular weight excluding hydrogens is 230 g/mol. The highest BCUT2D eigenvalue weighted by atomic mass is 16.2. The third kappa shape index (κ3) is 5.49. The van der Waals surface area contributed by atoms with Gasteiger partial charge in [-0.25, -0.2) is 0 Å². The maximum Gasteiger partial charge on any atom is 0.241 e. The molecule has 1 rings (SSSR count). The van der Waals surface area contributed by atoms with E-state index in [1.54, 1.807) is 0 Å². The molecule has 0 aromatic carbocycles. The van der Waals surface area contributed by atoms with Crippen LogP contribution >= 0.6 is 0 Å². The number of piperidine rings is 1. The van der Waals surface area contributed by atoms with Crippen molar-refractivity contribution in [1.29, 1.82) is 0 Å². The number of rotatable bonds is 6. The number of carbonyl (C=O) groups excluding carboxylic acids is 2. The SMILES string of the molecule is CCNC(C)CC(=O)NCC(=O)N1CCCCC1. The summed E-state index contributed by atoms with van der Waals surface area (Å²) in [5.74, 6) is -0.0204. The fraction of sp³-hybridized carbons (Fsp3) is 0.846. The Labute approximate surface area is 109 Å². The summed E-state index contributed by atoms with van der Waals surface area (Å²) in [6.07, 6.45) is 3.78. The molecule has 0 saturated carbocycles. The Kier molecular flexibility index (Phi) is 6.72. The lowest BCUT2D eigenvalue weighted by atomic mass is 10.1. The van der Waals surface area contributed by atoms with Crippen molar-refractivity contribution >= 4 is 11.8 Å². The van der Waals surface area contributed by atoms with E-state index in [0.717, 1.165) is 32.5 Å². The van der Waals surface area contributed by atoms with E-state index in [0.29, 0.717) is 6.42 Å². The molecule has 1 fully saturated rings. The third-order valence-corrected chi connectivity index (χ3v) is 3.19. The van der Waals surface area contributed by atoms with Crippen molar-refractivity contribution in [2.24, 2.45) is 0 Å². The van der Waals surface area contributed by atoms with Gasteiger partial charge in [-0.2, -0.15) is 0 Å². The van der Waals surface area contributed by atoms with Gasteiger partial charge in [0.2, 0.25) is 11.8 Å². The Morgan fingerprint density at radius 2 is 1.89 bits per heavy atom. The van der Waals surface area contributed by atoms with Crippen molar-refractivity contribution in [1.82, 2.24) is 15.5 Å². The zero-order valence-electron chi connectivity index (χ0n) is 11.5. The van der Waals surface area contributed by atoms with Gasteiger partial charge < -0.3 is 15.5 Å². The average Bonchev–Trinajstić information content (AvgIpc) is 2.37. The minimum atomic E-state index is -0.0613. The van der Waals surface area contributed by atoms with Gasteiger partial charge in [0.05, 0.1) is 6.54 Å². The maximum atomic E-state index is 11.8. The van der Waals surface area contributed by atoms with Gasteiger partial charge in [0.15, 0.2) is 0 Å². The molecule has 0 bridgehead atoms. The molecule has 0 aromatic rings. The van der Waals surface area contributed by atoms with Crippen molar-refractivity contribution in [2.45, 2.75) is 45.6 Å². The van der Waals surface area contributed by atoms with Crippen molar-refractivity contribution < 1.29 is 9.59 Å². The van der Waals surface area contributed by atoms with Crippen LogP contribution in [0.25, 0.3) is 0 Å². The molecule has 1 saturated heterocycles. The summed E-state index contributed by atoms with van der Waals surface area (Å²) in [6.45, 7) is 6.63. The number of hydrogen-bond donors (Lipinski definition) is 2. The van der Waals surface area contributed by atoms with Gasteiger partial charge in [0, 0.05) is 25.6 Å². The van der Waals surface area contributed by atoms with Gasteiger partial charge in [-0.15, -0.1) is 0 Å². The average molecular weight is 255 g/mol. The van der Waals surface area contributed by atoms with Crippen LogP contribution in [0.1, 0.15) is 39.5 Å². The molecule has 5 nitrogen and oxygen atoms in total. The van der Waals surface area contributed by atoms with E-state index >= 15 is 0 Å². The van der Waals surface area contributed by atoms with Gasteiger partial charge in [-0.3, -0.25) is 9.59 Å². The van der Waals surface area contributed by atoms with Crippen molar-refractivity contribution in [3.8, 4) is 0 Å². The summed E-state index contributed by atoms with van der Waals surface area (Å²) in [7, 11) is 0. The quantitative estimate of drug-likeness (QED) is 0.726. The second kappa shape index (κ2) is 8.08. The van der Waals surface area contributed by atoms with E-state index in [1.165, 1.54) is 6.42 Å². The number of carbonyl (C=O) groups is 2. The van der Waals surface area contributed by atoms with Crippen molar-refractivity contribution in [2.75, 3.05) is 26.2 Å². The Hall–Kier alpha value is -1.10. The lowest BCUT2D eigenvalue weighted by Gasteiger charge is -2.26. The molecule has 18 heavy (non-hydrogen) atoms. The van der Waals surface area contributed by atoms with E-state index in [-0.39, 0.29) is 24.4 Å². The Morgan fingerprint density at radius 1 is 1.22 bits per heavy atom. The van der Waals surface area contributed by atoms with E-state index in [9.17, 15) is 9.59 Å². The molecule has 0 spiro atoms. The first-order chi connectivity index (χ1) is 8.63. The van der Waals surface area contributed by atoms with Crippen LogP contribution < -0.4 is 10.6 Å². The summed E-state index contributed by atoms with van der Waals surface area (Å²) >= 11 is 0. The van der Waals surface area contributed by atoms with Gasteiger partial charge in [0.1, 0.15) is 0 Å². The lowest BCUT2D eigenvalue weighted by Crippen LogP contribution is -2.43. The summed E-state index contributed by atoms with van der Waals surface area (Å²) in [6, 6.07) is 0.153. The Morgan fingerprint density at radius 3 is 2.50 bits per heavy atom. The maximum absolute atomic E-state index is 11.8. The smallest absolute Gasteiger partial charge is 0.241 e. The molecule has 104 valence electrons. The van der Waals surface area contributed by atoms with Crippen LogP contribution in [0.3, 0.4) is 0 Å². The first kappa shape index (κ1) is 15.0. The molecule has 1 unspecified atom stereocenters. The fourth-order valence-corrected chi connectivity index (χ4v) is 2.20. The van der Waals surface area contributed by atoms with Crippen LogP contribution in [0, 0.1) is 0 Å². The van der Waals surface area contributed by atoms with Crippen LogP contribution in [0.15, 0.2) is 0 Å². The van der Waals surface area contributed by atoms with Crippen LogP contribution in [0.4, 0.5) is 0 Å². The summed E-state index contributed by atoms with van der Waals surface area (Å²) in [5.41, 5.74) is 0. The zero-order valence-corrected chi connectivity index (χ0v) is 11.5. The molecule has 1 aliphatic heterocycles. The monoisotopic (exact) mass is 255 g/mol. The first-order valence-electron chi connectivity index (χ1n) is 6.91. The first-order valence-corrected chi connectivity index (χ1v) is 6.91. The lowest BCUT2D eigenvalue weighted by molar-refractivity contribution is -0.133. The highest BCUT2D eigenvalue weighted by Crippen LogP contribution is 2.08. The van der Waals surface area contributed by atoms with E-state index in [1.807, 2.05) is 18.7 Å². The van der Waals surface area contributed by atoms with Crippen molar-refractivity contribution in [3.05, 3.63) is 0 Å². The Balaban J connectivity index is 2.18. The zero-order chi connectivity index (χ0) is 13.4. The molecular formula is C13H25N3O2. The molecule has 1 heterocycles. The van der Waals surface area contributed by atoms with Gasteiger partial charge in [-0.1, -0.05) is 6.92 Å². The van der Waals surface area contributed by atoms with Gasteiger partial charge in [0.25, 0.3) is 0 Å². The minimum absolute atomic E-state index is 0.0409. The van der Waals surface area contributed by atoms with Crippen LogP contribution in [0.5, 0.6) is 0 Å². The van der Waals surface area contributed by atoms with E-state index in [2.05, 4.69) is 10.6 Å². The topological polar surface area (TPSA) is 61.4 Å². The van der Waals surface area contributed by atoms with Gasteiger partial charge >= 0.3 is 0 Å². The van der Waals surface area contributed by atoms with Crippen molar-refractivity contribution in [3.63, 3.8) is 0 Å². The summed E-state index contributed by atoms with van der Waals surface area (Å²) in [5, 5.41) is 5.87. The largest absolute Gasteiger partial charge is 0.347 e. The van der Waals surface area contributed by atoms with E-state index < -0.39 is 0 Å². The molecule has 0 radical (unpaired) electrons. The normalized spacial score (nSPS) is 17.3. The number of amides is 2. The molecule has 1 atom stereocenters. The van der Waals surface area contributed by atoms with Crippen LogP contribution in [0.2, 0.25) is 0 Å².